The van der Waals surface area contributed by atoms with E-state index in [-0.39, 0.29) is 0 Å². The number of aryl methyl sites for hydroxylation is 2. The lowest BCUT2D eigenvalue weighted by Gasteiger charge is -2.20. The zero-order valence-corrected chi connectivity index (χ0v) is 16.1. The highest BCUT2D eigenvalue weighted by Crippen LogP contribution is 2.34. The first-order chi connectivity index (χ1) is 13.0. The van der Waals surface area contributed by atoms with Crippen molar-refractivity contribution >= 4 is 5.71 Å². The molecule has 1 aliphatic rings. The lowest BCUT2D eigenvalue weighted by Crippen LogP contribution is -2.26. The number of hydrogen-bond acceptors (Lipinski definition) is 3. The zero-order chi connectivity index (χ0) is 19.1. The van der Waals surface area contributed by atoms with E-state index in [0.717, 1.165) is 49.3 Å². The summed E-state index contributed by atoms with van der Waals surface area (Å²) in [5, 5.41) is 4.62. The van der Waals surface area contributed by atoms with Crippen LogP contribution < -0.4 is 0 Å². The van der Waals surface area contributed by atoms with Crippen molar-refractivity contribution in [3.63, 3.8) is 0 Å². The molecule has 0 unspecified atom stereocenters. The van der Waals surface area contributed by atoms with Crippen LogP contribution in [0.4, 0.5) is 8.78 Å². The van der Waals surface area contributed by atoms with Crippen LogP contribution in [0.2, 0.25) is 0 Å². The Labute approximate surface area is 157 Å². The van der Waals surface area contributed by atoms with Gasteiger partial charge in [0.1, 0.15) is 23.1 Å². The zero-order valence-electron chi connectivity index (χ0n) is 16.1. The minimum Gasteiger partial charge on any atom is -0.441 e. The Morgan fingerprint density at radius 1 is 1.26 bits per heavy atom. The average Bonchev–Trinajstić information content (AvgIpc) is 3.30. The summed E-state index contributed by atoms with van der Waals surface area (Å²) >= 11 is 0. The van der Waals surface area contributed by atoms with Crippen molar-refractivity contribution in [2.75, 3.05) is 13.1 Å². The Morgan fingerprint density at radius 3 is 2.70 bits per heavy atom. The number of fused-ring (bicyclic) bond motifs is 1. The van der Waals surface area contributed by atoms with Gasteiger partial charge in [0.2, 0.25) is 5.71 Å². The first kappa shape index (κ1) is 18.2. The molecule has 0 bridgehead atoms. The first-order valence-electron chi connectivity index (χ1n) is 9.63. The van der Waals surface area contributed by atoms with Gasteiger partial charge in [0.05, 0.1) is 11.3 Å². The highest BCUT2D eigenvalue weighted by atomic mass is 19.1. The van der Waals surface area contributed by atoms with Crippen LogP contribution in [0.1, 0.15) is 43.2 Å². The second kappa shape index (κ2) is 7.08. The van der Waals surface area contributed by atoms with Crippen LogP contribution in [0.25, 0.3) is 17.0 Å². The molecule has 0 atom stereocenters. The molecule has 2 heterocycles. The summed E-state index contributed by atoms with van der Waals surface area (Å²) in [5.41, 5.74) is 3.42. The summed E-state index contributed by atoms with van der Waals surface area (Å²) in [5.74, 6) is 0.178. The van der Waals surface area contributed by atoms with Gasteiger partial charge in [-0.3, -0.25) is 4.90 Å². The van der Waals surface area contributed by atoms with Crippen molar-refractivity contribution < 1.29 is 13.2 Å². The van der Waals surface area contributed by atoms with Crippen molar-refractivity contribution in [1.82, 2.24) is 14.5 Å². The molecule has 1 aromatic carbocycles. The summed E-state index contributed by atoms with van der Waals surface area (Å²) in [6, 6.07) is 3.59. The van der Waals surface area contributed by atoms with Gasteiger partial charge < -0.3 is 4.42 Å². The van der Waals surface area contributed by atoms with Crippen LogP contribution in [0, 0.1) is 31.4 Å². The molecular weight excluding hydrogens is 348 g/mol. The summed E-state index contributed by atoms with van der Waals surface area (Å²) in [7, 11) is 0. The Kier molecular flexibility index (Phi) is 4.76. The number of rotatable bonds is 7. The third kappa shape index (κ3) is 3.50. The maximum atomic E-state index is 14.4. The highest BCUT2D eigenvalue weighted by Gasteiger charge is 2.27. The molecule has 2 aromatic heterocycles. The predicted molar refractivity (Wildman–Crippen MR) is 101 cm³/mol. The molecular formula is C21H25F2N3O. The Hall–Kier alpha value is -2.21. The van der Waals surface area contributed by atoms with E-state index >= 15 is 0 Å². The van der Waals surface area contributed by atoms with E-state index in [0.29, 0.717) is 22.7 Å². The summed E-state index contributed by atoms with van der Waals surface area (Å²) in [4.78, 5) is 2.46. The van der Waals surface area contributed by atoms with Crippen molar-refractivity contribution in [2.24, 2.45) is 5.92 Å². The molecule has 4 rings (SSSR count). The van der Waals surface area contributed by atoms with Gasteiger partial charge >= 0.3 is 0 Å². The summed E-state index contributed by atoms with van der Waals surface area (Å²) < 4.78 is 35.3. The number of halogens is 2. The third-order valence-electron chi connectivity index (χ3n) is 5.25. The third-order valence-corrected chi connectivity index (χ3v) is 5.25. The molecule has 0 N–H and O–H groups in total. The average molecular weight is 373 g/mol. The van der Waals surface area contributed by atoms with E-state index in [1.165, 1.54) is 25.0 Å². The van der Waals surface area contributed by atoms with Crippen molar-refractivity contribution in [3.05, 3.63) is 46.9 Å². The molecule has 0 radical (unpaired) electrons. The maximum absolute atomic E-state index is 14.4. The smallest absolute Gasteiger partial charge is 0.227 e. The van der Waals surface area contributed by atoms with Gasteiger partial charge in [-0.25, -0.2) is 8.78 Å². The molecule has 1 saturated carbocycles. The van der Waals surface area contributed by atoms with E-state index in [1.54, 1.807) is 11.4 Å². The molecule has 6 heteroatoms. The van der Waals surface area contributed by atoms with Crippen LogP contribution in [0.15, 0.2) is 22.6 Å². The topological polar surface area (TPSA) is 33.7 Å². The summed E-state index contributed by atoms with van der Waals surface area (Å²) in [6.45, 7) is 8.85. The van der Waals surface area contributed by atoms with Gasteiger partial charge in [-0.1, -0.05) is 6.92 Å². The van der Waals surface area contributed by atoms with Crippen LogP contribution in [-0.4, -0.2) is 27.6 Å². The first-order valence-corrected chi connectivity index (χ1v) is 9.63. The second-order valence-corrected chi connectivity index (χ2v) is 7.59. The second-order valence-electron chi connectivity index (χ2n) is 7.59. The van der Waals surface area contributed by atoms with Crippen LogP contribution >= 0.6 is 0 Å². The monoisotopic (exact) mass is 373 g/mol. The van der Waals surface area contributed by atoms with Crippen LogP contribution in [-0.2, 0) is 6.54 Å². The number of oxazole rings is 1. The molecule has 3 aromatic rings. The maximum Gasteiger partial charge on any atom is 0.227 e. The van der Waals surface area contributed by atoms with Gasteiger partial charge in [-0.15, -0.1) is 0 Å². The van der Waals surface area contributed by atoms with Crippen molar-refractivity contribution in [1.29, 1.82) is 0 Å². The lowest BCUT2D eigenvalue weighted by molar-refractivity contribution is 0.254. The van der Waals surface area contributed by atoms with Gasteiger partial charge in [0, 0.05) is 24.7 Å². The van der Waals surface area contributed by atoms with E-state index in [1.807, 2.05) is 6.92 Å². The van der Waals surface area contributed by atoms with Gasteiger partial charge in [-0.05, 0) is 57.7 Å². The van der Waals surface area contributed by atoms with E-state index in [2.05, 4.69) is 16.9 Å². The molecule has 1 aliphatic carbocycles. The fraction of sp³-hybridized carbons (Fsp3) is 0.476. The number of benzene rings is 1. The van der Waals surface area contributed by atoms with E-state index in [4.69, 9.17) is 4.42 Å². The molecule has 27 heavy (non-hydrogen) atoms. The van der Waals surface area contributed by atoms with Gasteiger partial charge in [-0.2, -0.15) is 9.61 Å². The van der Waals surface area contributed by atoms with Gasteiger partial charge in [0.15, 0.2) is 0 Å². The molecule has 1 fully saturated rings. The SMILES string of the molecule is CCCN(Cc1c(C)nn2c(-c3ccc(F)cc3F)c(C)oc12)CC1CC1. The van der Waals surface area contributed by atoms with Crippen LogP contribution in [0.5, 0.6) is 0 Å². The quantitative estimate of drug-likeness (QED) is 0.577. The number of nitrogens with zero attached hydrogens (tertiary/aromatic N) is 3. The van der Waals surface area contributed by atoms with E-state index in [9.17, 15) is 8.78 Å². The summed E-state index contributed by atoms with van der Waals surface area (Å²) in [6.07, 6.45) is 3.73. The Balaban J connectivity index is 1.74. The highest BCUT2D eigenvalue weighted by molar-refractivity contribution is 5.67. The van der Waals surface area contributed by atoms with E-state index < -0.39 is 11.6 Å². The normalized spacial score (nSPS) is 14.6. The van der Waals surface area contributed by atoms with Crippen LogP contribution in [0.3, 0.4) is 0 Å². The molecule has 0 spiro atoms. The fourth-order valence-corrected chi connectivity index (χ4v) is 3.74. The minimum absolute atomic E-state index is 0.296. The standard InChI is InChI=1S/C21H25F2N3O/c1-4-9-25(11-15-5-6-15)12-18-13(2)24-26-20(14(3)27-21(18)26)17-8-7-16(22)10-19(17)23/h7-8,10,15H,4-6,9,11-12H2,1-3H3. The van der Waals surface area contributed by atoms with Crippen molar-refractivity contribution in [2.45, 2.75) is 46.6 Å². The fourth-order valence-electron chi connectivity index (χ4n) is 3.74. The molecule has 0 amide bonds. The molecule has 0 aliphatic heterocycles. The predicted octanol–water partition coefficient (Wildman–Crippen LogP) is 5.11. The molecule has 144 valence electrons. The van der Waals surface area contributed by atoms with Crippen molar-refractivity contribution in [3.8, 4) is 11.3 Å². The number of aromatic nitrogens is 2. The largest absolute Gasteiger partial charge is 0.441 e. The Morgan fingerprint density at radius 2 is 2.04 bits per heavy atom. The lowest BCUT2D eigenvalue weighted by atomic mass is 10.1. The molecule has 0 saturated heterocycles. The Bertz CT molecular complexity index is 972. The van der Waals surface area contributed by atoms with Gasteiger partial charge in [0.25, 0.3) is 0 Å². The minimum atomic E-state index is -0.614. The number of hydrogen-bond donors (Lipinski definition) is 0. The molecule has 4 nitrogen and oxygen atoms in total.